The van der Waals surface area contributed by atoms with Gasteiger partial charge in [-0.15, -0.1) is 0 Å². The van der Waals surface area contributed by atoms with Gasteiger partial charge in [0.15, 0.2) is 6.29 Å². The summed E-state index contributed by atoms with van der Waals surface area (Å²) in [6.07, 6.45) is 0.441. The predicted octanol–water partition coefficient (Wildman–Crippen LogP) is 4.41. The molecule has 0 bridgehead atoms. The molecule has 0 unspecified atom stereocenters. The Morgan fingerprint density at radius 1 is 1.11 bits per heavy atom. The summed E-state index contributed by atoms with van der Waals surface area (Å²) in [5.41, 5.74) is 1.45. The van der Waals surface area contributed by atoms with Crippen LogP contribution in [0.4, 0.5) is 8.78 Å². The second kappa shape index (κ2) is 4.86. The largest absolute Gasteiger partial charge is 0.298 e. The van der Waals surface area contributed by atoms with Crippen LogP contribution in [0, 0.1) is 18.6 Å². The van der Waals surface area contributed by atoms with Crippen LogP contribution < -0.4 is 0 Å². The van der Waals surface area contributed by atoms with Gasteiger partial charge in [0.25, 0.3) is 0 Å². The van der Waals surface area contributed by atoms with Crippen molar-refractivity contribution in [2.24, 2.45) is 0 Å². The molecule has 18 heavy (non-hydrogen) atoms. The van der Waals surface area contributed by atoms with Gasteiger partial charge >= 0.3 is 0 Å². The lowest BCUT2D eigenvalue weighted by Gasteiger charge is -2.08. The highest BCUT2D eigenvalue weighted by atomic mass is 35.5. The van der Waals surface area contributed by atoms with Gasteiger partial charge in [-0.2, -0.15) is 0 Å². The Balaban J connectivity index is 2.58. The van der Waals surface area contributed by atoms with E-state index in [1.165, 1.54) is 18.2 Å². The molecular weight excluding hydrogens is 258 g/mol. The highest BCUT2D eigenvalue weighted by Crippen LogP contribution is 2.31. The minimum absolute atomic E-state index is 0.0197. The van der Waals surface area contributed by atoms with Gasteiger partial charge in [0.05, 0.1) is 10.6 Å². The van der Waals surface area contributed by atoms with Crippen LogP contribution in [0.2, 0.25) is 5.02 Å². The number of carbonyl (C=O) groups is 1. The third-order valence-electron chi connectivity index (χ3n) is 2.69. The number of aldehydes is 1. The van der Waals surface area contributed by atoms with Crippen molar-refractivity contribution in [2.75, 3.05) is 0 Å². The van der Waals surface area contributed by atoms with Crippen molar-refractivity contribution in [2.45, 2.75) is 6.92 Å². The maximum atomic E-state index is 13.5. The molecule has 0 atom stereocenters. The average Bonchev–Trinajstić information content (AvgIpc) is 2.33. The quantitative estimate of drug-likeness (QED) is 0.736. The number of hydrogen-bond donors (Lipinski definition) is 0. The Morgan fingerprint density at radius 3 is 2.44 bits per heavy atom. The molecule has 0 aromatic heterocycles. The van der Waals surface area contributed by atoms with E-state index in [2.05, 4.69) is 0 Å². The fraction of sp³-hybridized carbons (Fsp3) is 0.0714. The van der Waals surface area contributed by atoms with Crippen LogP contribution in [0.5, 0.6) is 0 Å². The van der Waals surface area contributed by atoms with Crippen molar-refractivity contribution in [3.8, 4) is 11.1 Å². The lowest BCUT2D eigenvalue weighted by atomic mass is 10.0. The van der Waals surface area contributed by atoms with Crippen molar-refractivity contribution < 1.29 is 13.6 Å². The van der Waals surface area contributed by atoms with Crippen LogP contribution >= 0.6 is 11.6 Å². The van der Waals surface area contributed by atoms with E-state index in [1.54, 1.807) is 19.1 Å². The first-order valence-corrected chi connectivity index (χ1v) is 5.61. The van der Waals surface area contributed by atoms with Crippen LogP contribution in [0.15, 0.2) is 30.3 Å². The molecular formula is C14H9ClF2O. The van der Waals surface area contributed by atoms with E-state index >= 15 is 0 Å². The molecule has 0 fully saturated rings. The smallest absolute Gasteiger partial charge is 0.152 e. The summed E-state index contributed by atoms with van der Waals surface area (Å²) in [5, 5.41) is 0.205. The van der Waals surface area contributed by atoms with Crippen LogP contribution in [0.3, 0.4) is 0 Å². The molecule has 0 aliphatic carbocycles. The van der Waals surface area contributed by atoms with Crippen LogP contribution in [0.1, 0.15) is 15.9 Å². The zero-order chi connectivity index (χ0) is 13.3. The van der Waals surface area contributed by atoms with Crippen molar-refractivity contribution in [1.82, 2.24) is 0 Å². The number of benzene rings is 2. The first kappa shape index (κ1) is 12.7. The Hall–Kier alpha value is -1.74. The van der Waals surface area contributed by atoms with Gasteiger partial charge in [0, 0.05) is 5.56 Å². The first-order valence-electron chi connectivity index (χ1n) is 5.23. The summed E-state index contributed by atoms with van der Waals surface area (Å²) >= 11 is 5.93. The molecule has 1 nitrogen and oxygen atoms in total. The van der Waals surface area contributed by atoms with Crippen LogP contribution in [-0.4, -0.2) is 6.29 Å². The molecule has 2 aromatic carbocycles. The Kier molecular flexibility index (Phi) is 3.43. The SMILES string of the molecule is Cc1cc(-c2ccc(C=O)c(F)c2)c(Cl)cc1F. The Morgan fingerprint density at radius 2 is 1.83 bits per heavy atom. The minimum atomic E-state index is -0.624. The summed E-state index contributed by atoms with van der Waals surface area (Å²) in [6.45, 7) is 1.60. The molecule has 0 N–H and O–H groups in total. The number of carbonyl (C=O) groups excluding carboxylic acids is 1. The fourth-order valence-corrected chi connectivity index (χ4v) is 1.93. The van der Waals surface area contributed by atoms with Gasteiger partial charge in [-0.1, -0.05) is 17.7 Å². The van der Waals surface area contributed by atoms with E-state index in [9.17, 15) is 13.6 Å². The molecule has 0 radical (unpaired) electrons. The van der Waals surface area contributed by atoms with E-state index in [0.29, 0.717) is 23.0 Å². The Labute approximate surface area is 108 Å². The van der Waals surface area contributed by atoms with E-state index in [1.807, 2.05) is 0 Å². The highest BCUT2D eigenvalue weighted by molar-refractivity contribution is 6.33. The summed E-state index contributed by atoms with van der Waals surface area (Å²) < 4.78 is 26.8. The maximum absolute atomic E-state index is 13.5. The zero-order valence-corrected chi connectivity index (χ0v) is 10.3. The van der Waals surface area contributed by atoms with Crippen molar-refractivity contribution in [3.63, 3.8) is 0 Å². The first-order chi connectivity index (χ1) is 8.52. The maximum Gasteiger partial charge on any atom is 0.152 e. The molecule has 4 heteroatoms. The van der Waals surface area contributed by atoms with Crippen molar-refractivity contribution in [3.05, 3.63) is 58.1 Å². The standard InChI is InChI=1S/C14H9ClF2O/c1-8-4-11(12(15)6-13(8)16)9-2-3-10(7-18)14(17)5-9/h2-7H,1H3. The fourth-order valence-electron chi connectivity index (χ4n) is 1.67. The second-order valence-electron chi connectivity index (χ2n) is 3.94. The average molecular weight is 267 g/mol. The van der Waals surface area contributed by atoms with Gasteiger partial charge in [0.2, 0.25) is 0 Å². The predicted molar refractivity (Wildman–Crippen MR) is 66.9 cm³/mol. The monoisotopic (exact) mass is 266 g/mol. The highest BCUT2D eigenvalue weighted by Gasteiger charge is 2.10. The molecule has 0 spiro atoms. The van der Waals surface area contributed by atoms with Crippen molar-refractivity contribution in [1.29, 1.82) is 0 Å². The van der Waals surface area contributed by atoms with Gasteiger partial charge in [0.1, 0.15) is 11.6 Å². The van der Waals surface area contributed by atoms with Gasteiger partial charge in [-0.3, -0.25) is 4.79 Å². The molecule has 0 aliphatic heterocycles. The van der Waals surface area contributed by atoms with Gasteiger partial charge in [-0.25, -0.2) is 8.78 Å². The molecule has 0 saturated heterocycles. The van der Waals surface area contributed by atoms with Crippen LogP contribution in [-0.2, 0) is 0 Å². The van der Waals surface area contributed by atoms with Crippen LogP contribution in [0.25, 0.3) is 11.1 Å². The number of hydrogen-bond acceptors (Lipinski definition) is 1. The zero-order valence-electron chi connectivity index (χ0n) is 9.51. The molecule has 0 heterocycles. The molecule has 92 valence electrons. The molecule has 0 amide bonds. The lowest BCUT2D eigenvalue weighted by molar-refractivity contribution is 0.112. The second-order valence-corrected chi connectivity index (χ2v) is 4.34. The summed E-state index contributed by atoms with van der Waals surface area (Å²) in [6, 6.07) is 6.89. The van der Waals surface area contributed by atoms with E-state index in [0.717, 1.165) is 0 Å². The Bertz CT molecular complexity index is 623. The van der Waals surface area contributed by atoms with Gasteiger partial charge < -0.3 is 0 Å². The molecule has 0 aliphatic rings. The summed E-state index contributed by atoms with van der Waals surface area (Å²) in [4.78, 5) is 10.5. The topological polar surface area (TPSA) is 17.1 Å². The number of halogens is 3. The third-order valence-corrected chi connectivity index (χ3v) is 3.00. The minimum Gasteiger partial charge on any atom is -0.298 e. The van der Waals surface area contributed by atoms with Crippen molar-refractivity contribution >= 4 is 17.9 Å². The van der Waals surface area contributed by atoms with E-state index in [-0.39, 0.29) is 10.6 Å². The third kappa shape index (κ3) is 2.27. The van der Waals surface area contributed by atoms with Gasteiger partial charge in [-0.05, 0) is 42.3 Å². The number of rotatable bonds is 2. The molecule has 2 aromatic rings. The molecule has 0 saturated carbocycles. The summed E-state index contributed by atoms with van der Waals surface area (Å²) in [7, 11) is 0. The van der Waals surface area contributed by atoms with E-state index in [4.69, 9.17) is 11.6 Å². The summed E-state index contributed by atoms with van der Waals surface area (Å²) in [5.74, 6) is -1.03. The van der Waals surface area contributed by atoms with E-state index < -0.39 is 11.6 Å². The lowest BCUT2D eigenvalue weighted by Crippen LogP contribution is -1.91. The normalized spacial score (nSPS) is 10.4. The molecule has 2 rings (SSSR count). The number of aryl methyl sites for hydroxylation is 1.